The van der Waals surface area contributed by atoms with Crippen molar-refractivity contribution in [3.8, 4) is 5.75 Å². The first-order valence-corrected chi connectivity index (χ1v) is 5.39. The standard InChI is InChI=1S/C10H12BrClO/c1-3-10(12)8-5-4-7(13-2)6-9(8)11/h4-6,10H,3H2,1-2H3. The Balaban J connectivity index is 2.98. The van der Waals surface area contributed by atoms with Gasteiger partial charge in [0.25, 0.3) is 0 Å². The third kappa shape index (κ3) is 2.61. The van der Waals surface area contributed by atoms with Crippen molar-refractivity contribution in [1.82, 2.24) is 0 Å². The second kappa shape index (κ2) is 4.87. The molecule has 0 saturated carbocycles. The first kappa shape index (κ1) is 10.9. The van der Waals surface area contributed by atoms with Crippen LogP contribution in [0.4, 0.5) is 0 Å². The van der Waals surface area contributed by atoms with Crippen LogP contribution in [-0.4, -0.2) is 7.11 Å². The number of benzene rings is 1. The molecule has 0 aliphatic carbocycles. The molecule has 0 aliphatic heterocycles. The summed E-state index contributed by atoms with van der Waals surface area (Å²) in [5.41, 5.74) is 1.12. The van der Waals surface area contributed by atoms with E-state index in [2.05, 4.69) is 22.9 Å². The summed E-state index contributed by atoms with van der Waals surface area (Å²) in [7, 11) is 1.65. The highest BCUT2D eigenvalue weighted by molar-refractivity contribution is 9.10. The molecule has 0 spiro atoms. The zero-order valence-corrected chi connectivity index (χ0v) is 10.0. The molecule has 0 amide bonds. The molecular formula is C10H12BrClO. The van der Waals surface area contributed by atoms with Crippen LogP contribution in [0.2, 0.25) is 0 Å². The van der Waals surface area contributed by atoms with E-state index in [9.17, 15) is 0 Å². The van der Waals surface area contributed by atoms with E-state index in [1.807, 2.05) is 18.2 Å². The normalized spacial score (nSPS) is 12.6. The van der Waals surface area contributed by atoms with Gasteiger partial charge in [-0.05, 0) is 24.1 Å². The average Bonchev–Trinajstić information content (AvgIpc) is 2.16. The molecule has 72 valence electrons. The summed E-state index contributed by atoms with van der Waals surface area (Å²) in [6, 6.07) is 5.84. The monoisotopic (exact) mass is 262 g/mol. The molecule has 0 bridgehead atoms. The molecule has 0 aromatic heterocycles. The van der Waals surface area contributed by atoms with Crippen LogP contribution in [0.15, 0.2) is 22.7 Å². The van der Waals surface area contributed by atoms with Gasteiger partial charge in [-0.1, -0.05) is 28.9 Å². The first-order valence-electron chi connectivity index (χ1n) is 4.16. The van der Waals surface area contributed by atoms with E-state index >= 15 is 0 Å². The van der Waals surface area contributed by atoms with Crippen LogP contribution >= 0.6 is 27.5 Å². The third-order valence-electron chi connectivity index (χ3n) is 1.90. The Morgan fingerprint density at radius 2 is 2.23 bits per heavy atom. The lowest BCUT2D eigenvalue weighted by molar-refractivity contribution is 0.414. The molecular weight excluding hydrogens is 251 g/mol. The summed E-state index contributed by atoms with van der Waals surface area (Å²) in [4.78, 5) is 0. The predicted molar refractivity (Wildman–Crippen MR) is 59.6 cm³/mol. The number of hydrogen-bond donors (Lipinski definition) is 0. The lowest BCUT2D eigenvalue weighted by atomic mass is 10.1. The average molecular weight is 264 g/mol. The summed E-state index contributed by atoms with van der Waals surface area (Å²) in [6.45, 7) is 2.06. The summed E-state index contributed by atoms with van der Waals surface area (Å²) in [6.07, 6.45) is 0.923. The van der Waals surface area contributed by atoms with Gasteiger partial charge in [-0.2, -0.15) is 0 Å². The zero-order chi connectivity index (χ0) is 9.84. The highest BCUT2D eigenvalue weighted by Crippen LogP contribution is 2.32. The maximum Gasteiger partial charge on any atom is 0.120 e. The van der Waals surface area contributed by atoms with Gasteiger partial charge in [0.05, 0.1) is 12.5 Å². The summed E-state index contributed by atoms with van der Waals surface area (Å²) in [5, 5.41) is 0.0697. The van der Waals surface area contributed by atoms with Crippen molar-refractivity contribution in [1.29, 1.82) is 0 Å². The largest absolute Gasteiger partial charge is 0.497 e. The highest BCUT2D eigenvalue weighted by Gasteiger charge is 2.09. The molecule has 13 heavy (non-hydrogen) atoms. The second-order valence-corrected chi connectivity index (χ2v) is 4.14. The SMILES string of the molecule is CCC(Cl)c1ccc(OC)cc1Br. The van der Waals surface area contributed by atoms with Crippen molar-refractivity contribution < 1.29 is 4.74 Å². The van der Waals surface area contributed by atoms with E-state index in [-0.39, 0.29) is 5.38 Å². The minimum absolute atomic E-state index is 0.0697. The van der Waals surface area contributed by atoms with Gasteiger partial charge in [-0.3, -0.25) is 0 Å². The van der Waals surface area contributed by atoms with Crippen molar-refractivity contribution in [3.05, 3.63) is 28.2 Å². The summed E-state index contributed by atoms with van der Waals surface area (Å²) >= 11 is 9.59. The molecule has 1 nitrogen and oxygen atoms in total. The van der Waals surface area contributed by atoms with Crippen molar-refractivity contribution in [2.45, 2.75) is 18.7 Å². The summed E-state index contributed by atoms with van der Waals surface area (Å²) in [5.74, 6) is 0.843. The van der Waals surface area contributed by atoms with Crippen LogP contribution in [0, 0.1) is 0 Å². The molecule has 0 aliphatic rings. The number of hydrogen-bond acceptors (Lipinski definition) is 1. The Bertz CT molecular complexity index is 288. The molecule has 0 N–H and O–H groups in total. The topological polar surface area (TPSA) is 9.23 Å². The Hall–Kier alpha value is -0.210. The van der Waals surface area contributed by atoms with Crippen LogP contribution in [-0.2, 0) is 0 Å². The van der Waals surface area contributed by atoms with Gasteiger partial charge in [0.2, 0.25) is 0 Å². The van der Waals surface area contributed by atoms with E-state index in [1.54, 1.807) is 7.11 Å². The van der Waals surface area contributed by atoms with Crippen LogP contribution in [0.1, 0.15) is 24.3 Å². The molecule has 1 aromatic rings. The molecule has 1 atom stereocenters. The van der Waals surface area contributed by atoms with Crippen molar-refractivity contribution in [2.75, 3.05) is 7.11 Å². The fraction of sp³-hybridized carbons (Fsp3) is 0.400. The van der Waals surface area contributed by atoms with E-state index in [4.69, 9.17) is 16.3 Å². The predicted octanol–water partition coefficient (Wildman–Crippen LogP) is 4.15. The second-order valence-electron chi connectivity index (χ2n) is 2.76. The summed E-state index contributed by atoms with van der Waals surface area (Å²) < 4.78 is 6.10. The molecule has 1 unspecified atom stereocenters. The number of alkyl halides is 1. The molecule has 0 radical (unpaired) electrons. The molecule has 0 fully saturated rings. The maximum atomic E-state index is 6.12. The Morgan fingerprint density at radius 3 is 2.69 bits per heavy atom. The molecule has 3 heteroatoms. The van der Waals surface area contributed by atoms with E-state index in [0.717, 1.165) is 22.2 Å². The fourth-order valence-corrected chi connectivity index (χ4v) is 2.06. The van der Waals surface area contributed by atoms with Crippen LogP contribution in [0.3, 0.4) is 0 Å². The van der Waals surface area contributed by atoms with Crippen LogP contribution in [0.5, 0.6) is 5.75 Å². The van der Waals surface area contributed by atoms with Crippen molar-refractivity contribution in [3.63, 3.8) is 0 Å². The van der Waals surface area contributed by atoms with Crippen LogP contribution in [0.25, 0.3) is 0 Å². The minimum atomic E-state index is 0.0697. The minimum Gasteiger partial charge on any atom is -0.497 e. The Labute approximate surface area is 92.2 Å². The lowest BCUT2D eigenvalue weighted by Crippen LogP contribution is -1.91. The number of ether oxygens (including phenoxy) is 1. The maximum absolute atomic E-state index is 6.12. The van der Waals surface area contributed by atoms with Gasteiger partial charge in [0, 0.05) is 4.47 Å². The smallest absolute Gasteiger partial charge is 0.120 e. The highest BCUT2D eigenvalue weighted by atomic mass is 79.9. The molecule has 0 heterocycles. The van der Waals surface area contributed by atoms with Gasteiger partial charge < -0.3 is 4.74 Å². The van der Waals surface area contributed by atoms with Gasteiger partial charge >= 0.3 is 0 Å². The zero-order valence-electron chi connectivity index (χ0n) is 7.68. The van der Waals surface area contributed by atoms with Gasteiger partial charge in [-0.15, -0.1) is 11.6 Å². The third-order valence-corrected chi connectivity index (χ3v) is 3.13. The number of rotatable bonds is 3. The quantitative estimate of drug-likeness (QED) is 0.745. The fourth-order valence-electron chi connectivity index (χ4n) is 1.11. The molecule has 1 aromatic carbocycles. The van der Waals surface area contributed by atoms with E-state index < -0.39 is 0 Å². The van der Waals surface area contributed by atoms with Gasteiger partial charge in [0.1, 0.15) is 5.75 Å². The van der Waals surface area contributed by atoms with Gasteiger partial charge in [0.15, 0.2) is 0 Å². The molecule has 0 saturated heterocycles. The number of methoxy groups -OCH3 is 1. The van der Waals surface area contributed by atoms with Crippen LogP contribution < -0.4 is 4.74 Å². The van der Waals surface area contributed by atoms with Crippen molar-refractivity contribution in [2.24, 2.45) is 0 Å². The van der Waals surface area contributed by atoms with E-state index in [0.29, 0.717) is 0 Å². The van der Waals surface area contributed by atoms with E-state index in [1.165, 1.54) is 0 Å². The Kier molecular flexibility index (Phi) is 4.07. The number of halogens is 2. The van der Waals surface area contributed by atoms with Crippen molar-refractivity contribution >= 4 is 27.5 Å². The Morgan fingerprint density at radius 1 is 1.54 bits per heavy atom. The first-order chi connectivity index (χ1) is 6.19. The molecule has 1 rings (SSSR count). The lowest BCUT2D eigenvalue weighted by Gasteiger charge is -2.10. The van der Waals surface area contributed by atoms with Gasteiger partial charge in [-0.25, -0.2) is 0 Å².